The van der Waals surface area contributed by atoms with Crippen LogP contribution in [0.25, 0.3) is 0 Å². The minimum atomic E-state index is -2.86. The fraction of sp³-hybridized carbons (Fsp3) is 0.909. The van der Waals surface area contributed by atoms with Crippen LogP contribution < -0.4 is 5.32 Å². The summed E-state index contributed by atoms with van der Waals surface area (Å²) in [7, 11) is 0. The fourth-order valence-electron chi connectivity index (χ4n) is 2.81. The number of nitrogens with zero attached hydrogens (tertiary/aromatic N) is 1. The SMILES string of the molecule is O=C(C(F)F)N1CCCCC1C1CCCN1. The molecule has 0 saturated carbocycles. The molecule has 2 unspecified atom stereocenters. The van der Waals surface area contributed by atoms with Gasteiger partial charge in [-0.3, -0.25) is 4.79 Å². The molecule has 0 aromatic carbocycles. The van der Waals surface area contributed by atoms with Gasteiger partial charge in [0.05, 0.1) is 0 Å². The van der Waals surface area contributed by atoms with E-state index in [4.69, 9.17) is 0 Å². The van der Waals surface area contributed by atoms with Crippen molar-refractivity contribution >= 4 is 5.91 Å². The Morgan fingerprint density at radius 1 is 1.25 bits per heavy atom. The quantitative estimate of drug-likeness (QED) is 0.780. The molecule has 0 bridgehead atoms. The molecule has 0 spiro atoms. The van der Waals surface area contributed by atoms with Crippen molar-refractivity contribution in [2.45, 2.75) is 50.6 Å². The highest BCUT2D eigenvalue weighted by Crippen LogP contribution is 2.25. The first-order valence-corrected chi connectivity index (χ1v) is 6.02. The van der Waals surface area contributed by atoms with E-state index < -0.39 is 12.3 Å². The third kappa shape index (κ3) is 2.34. The summed E-state index contributed by atoms with van der Waals surface area (Å²) in [5.41, 5.74) is 0. The molecular formula is C11H18F2N2O. The maximum atomic E-state index is 12.5. The van der Waals surface area contributed by atoms with Gasteiger partial charge in [0.1, 0.15) is 0 Å². The number of halogens is 2. The van der Waals surface area contributed by atoms with Gasteiger partial charge in [-0.15, -0.1) is 0 Å². The summed E-state index contributed by atoms with van der Waals surface area (Å²) in [6.45, 7) is 1.43. The molecule has 5 heteroatoms. The topological polar surface area (TPSA) is 32.3 Å². The zero-order valence-electron chi connectivity index (χ0n) is 9.29. The molecular weight excluding hydrogens is 214 g/mol. The van der Waals surface area contributed by atoms with Crippen LogP contribution in [0.1, 0.15) is 32.1 Å². The molecule has 92 valence electrons. The highest BCUT2D eigenvalue weighted by Gasteiger charge is 2.36. The standard InChI is InChI=1S/C11H18F2N2O/c12-10(13)11(16)15-7-2-1-5-9(15)8-4-3-6-14-8/h8-10,14H,1-7H2. The molecule has 16 heavy (non-hydrogen) atoms. The lowest BCUT2D eigenvalue weighted by Gasteiger charge is -2.39. The molecule has 2 aliphatic heterocycles. The Kier molecular flexibility index (Phi) is 3.74. The number of nitrogens with one attached hydrogen (secondary N) is 1. The van der Waals surface area contributed by atoms with E-state index in [0.29, 0.717) is 6.54 Å². The maximum absolute atomic E-state index is 12.5. The summed E-state index contributed by atoms with van der Waals surface area (Å²) in [6.07, 6.45) is 1.96. The first kappa shape index (κ1) is 11.8. The second kappa shape index (κ2) is 5.08. The summed E-state index contributed by atoms with van der Waals surface area (Å²) < 4.78 is 24.9. The van der Waals surface area contributed by atoms with Crippen molar-refractivity contribution in [3.05, 3.63) is 0 Å². The van der Waals surface area contributed by atoms with Gasteiger partial charge in [0.25, 0.3) is 5.91 Å². The van der Waals surface area contributed by atoms with Gasteiger partial charge in [-0.2, -0.15) is 8.78 Å². The van der Waals surface area contributed by atoms with Crippen molar-refractivity contribution in [1.82, 2.24) is 10.2 Å². The van der Waals surface area contributed by atoms with Crippen LogP contribution in [0.15, 0.2) is 0 Å². The van der Waals surface area contributed by atoms with Gasteiger partial charge < -0.3 is 10.2 Å². The van der Waals surface area contributed by atoms with Crippen molar-refractivity contribution in [3.8, 4) is 0 Å². The van der Waals surface area contributed by atoms with Crippen LogP contribution in [-0.4, -0.2) is 42.4 Å². The average molecular weight is 232 g/mol. The van der Waals surface area contributed by atoms with Crippen LogP contribution in [0.2, 0.25) is 0 Å². The van der Waals surface area contributed by atoms with E-state index in [9.17, 15) is 13.6 Å². The molecule has 2 rings (SSSR count). The van der Waals surface area contributed by atoms with Crippen molar-refractivity contribution in [1.29, 1.82) is 0 Å². The Bertz CT molecular complexity index is 254. The number of hydrogen-bond acceptors (Lipinski definition) is 2. The Labute approximate surface area is 94.2 Å². The molecule has 2 atom stereocenters. The third-order valence-corrected chi connectivity index (χ3v) is 3.58. The van der Waals surface area contributed by atoms with Gasteiger partial charge in [-0.05, 0) is 38.6 Å². The number of hydrogen-bond donors (Lipinski definition) is 1. The molecule has 0 aliphatic carbocycles. The maximum Gasteiger partial charge on any atom is 0.315 e. The molecule has 2 fully saturated rings. The summed E-state index contributed by atoms with van der Waals surface area (Å²) >= 11 is 0. The smallest absolute Gasteiger partial charge is 0.315 e. The molecule has 1 amide bonds. The molecule has 0 radical (unpaired) electrons. The predicted octanol–water partition coefficient (Wildman–Crippen LogP) is 1.38. The minimum Gasteiger partial charge on any atom is -0.333 e. The van der Waals surface area contributed by atoms with E-state index in [0.717, 1.165) is 38.6 Å². The normalized spacial score (nSPS) is 31.1. The molecule has 0 aromatic heterocycles. The van der Waals surface area contributed by atoms with E-state index >= 15 is 0 Å². The van der Waals surface area contributed by atoms with Gasteiger partial charge in [0.15, 0.2) is 0 Å². The zero-order valence-corrected chi connectivity index (χ0v) is 9.29. The Hall–Kier alpha value is -0.710. The van der Waals surface area contributed by atoms with Crippen molar-refractivity contribution in [3.63, 3.8) is 0 Å². The van der Waals surface area contributed by atoms with E-state index in [-0.39, 0.29) is 12.1 Å². The third-order valence-electron chi connectivity index (χ3n) is 3.58. The number of carbonyl (C=O) groups excluding carboxylic acids is 1. The lowest BCUT2D eigenvalue weighted by molar-refractivity contribution is -0.147. The van der Waals surface area contributed by atoms with Gasteiger partial charge in [-0.25, -0.2) is 0 Å². The summed E-state index contributed by atoms with van der Waals surface area (Å²) in [5, 5.41) is 3.31. The highest BCUT2D eigenvalue weighted by molar-refractivity contribution is 5.79. The summed E-state index contributed by atoms with van der Waals surface area (Å²) in [5.74, 6) is -0.988. The number of amides is 1. The van der Waals surface area contributed by atoms with E-state index in [2.05, 4.69) is 5.32 Å². The van der Waals surface area contributed by atoms with Crippen molar-refractivity contribution in [2.75, 3.05) is 13.1 Å². The van der Waals surface area contributed by atoms with Crippen LogP contribution in [-0.2, 0) is 4.79 Å². The van der Waals surface area contributed by atoms with E-state index in [1.165, 1.54) is 4.90 Å². The summed E-state index contributed by atoms with van der Waals surface area (Å²) in [4.78, 5) is 12.8. The Morgan fingerprint density at radius 3 is 2.69 bits per heavy atom. The average Bonchev–Trinajstić information content (AvgIpc) is 2.81. The Morgan fingerprint density at radius 2 is 2.06 bits per heavy atom. The predicted molar refractivity (Wildman–Crippen MR) is 56.4 cm³/mol. The lowest BCUT2D eigenvalue weighted by Crippen LogP contribution is -2.54. The minimum absolute atomic E-state index is 0.0160. The lowest BCUT2D eigenvalue weighted by atomic mass is 9.94. The summed E-state index contributed by atoms with van der Waals surface area (Å²) in [6, 6.07) is 0.209. The van der Waals surface area contributed by atoms with Gasteiger partial charge in [0, 0.05) is 18.6 Å². The van der Waals surface area contributed by atoms with Crippen LogP contribution in [0.3, 0.4) is 0 Å². The first-order valence-electron chi connectivity index (χ1n) is 6.02. The van der Waals surface area contributed by atoms with Crippen molar-refractivity contribution < 1.29 is 13.6 Å². The number of piperidine rings is 1. The first-order chi connectivity index (χ1) is 7.70. The van der Waals surface area contributed by atoms with Crippen LogP contribution in [0.4, 0.5) is 8.78 Å². The zero-order chi connectivity index (χ0) is 11.5. The number of rotatable bonds is 2. The van der Waals surface area contributed by atoms with E-state index in [1.54, 1.807) is 0 Å². The number of carbonyl (C=O) groups is 1. The molecule has 3 nitrogen and oxygen atoms in total. The number of alkyl halides is 2. The Balaban J connectivity index is 2.04. The van der Waals surface area contributed by atoms with Crippen LogP contribution in [0, 0.1) is 0 Å². The molecule has 0 aromatic rings. The highest BCUT2D eigenvalue weighted by atomic mass is 19.3. The van der Waals surface area contributed by atoms with Crippen LogP contribution >= 0.6 is 0 Å². The molecule has 1 N–H and O–H groups in total. The van der Waals surface area contributed by atoms with Crippen LogP contribution in [0.5, 0.6) is 0 Å². The monoisotopic (exact) mass is 232 g/mol. The molecule has 2 aliphatic rings. The fourth-order valence-corrected chi connectivity index (χ4v) is 2.81. The van der Waals surface area contributed by atoms with E-state index in [1.807, 2.05) is 0 Å². The van der Waals surface area contributed by atoms with Gasteiger partial charge >= 0.3 is 6.43 Å². The molecule has 2 saturated heterocycles. The second-order valence-electron chi connectivity index (χ2n) is 4.60. The van der Waals surface area contributed by atoms with Crippen molar-refractivity contribution in [2.24, 2.45) is 0 Å². The van der Waals surface area contributed by atoms with Gasteiger partial charge in [-0.1, -0.05) is 0 Å². The second-order valence-corrected chi connectivity index (χ2v) is 4.60. The van der Waals surface area contributed by atoms with Gasteiger partial charge in [0.2, 0.25) is 0 Å². The molecule has 2 heterocycles. The largest absolute Gasteiger partial charge is 0.333 e. The number of likely N-dealkylation sites (tertiary alicyclic amines) is 1.